The Kier molecular flexibility index (Phi) is 5.81. The lowest BCUT2D eigenvalue weighted by Crippen LogP contribution is -2.08. The van der Waals surface area contributed by atoms with E-state index in [2.05, 4.69) is 25.3 Å². The van der Waals surface area contributed by atoms with Gasteiger partial charge in [-0.05, 0) is 20.8 Å². The lowest BCUT2D eigenvalue weighted by atomic mass is 10.1. The van der Waals surface area contributed by atoms with Crippen molar-refractivity contribution in [2.45, 2.75) is 27.2 Å². The van der Waals surface area contributed by atoms with Crippen LogP contribution in [0.1, 0.15) is 40.1 Å². The van der Waals surface area contributed by atoms with Gasteiger partial charge in [0.05, 0.1) is 34.4 Å². The number of ether oxygens (including phenoxy) is 1. The van der Waals surface area contributed by atoms with Crippen LogP contribution in [0.2, 0.25) is 5.02 Å². The largest absolute Gasteiger partial charge is 0.462 e. The second-order valence-electron chi connectivity index (χ2n) is 6.95. The van der Waals surface area contributed by atoms with Crippen LogP contribution in [0.3, 0.4) is 0 Å². The quantitative estimate of drug-likeness (QED) is 0.457. The number of aromatic amines is 1. The van der Waals surface area contributed by atoms with Gasteiger partial charge >= 0.3 is 5.97 Å². The standard InChI is InChI=1S/C22H21ClN6O2/c1-4-31-22(30)19-13(2)28-29(14(19)3)18-11-16(24-12-25-18)10-17-20(23)21(27-26-17)15-8-6-5-7-9-15/h5-9,11-12H,4,10H2,1-3H3,(H,26,27). The van der Waals surface area contributed by atoms with Gasteiger partial charge in [0.2, 0.25) is 0 Å². The number of aromatic nitrogens is 6. The molecule has 0 fully saturated rings. The van der Waals surface area contributed by atoms with Crippen molar-refractivity contribution in [3.63, 3.8) is 0 Å². The number of esters is 1. The Labute approximate surface area is 184 Å². The van der Waals surface area contributed by atoms with Gasteiger partial charge in [0.25, 0.3) is 0 Å². The molecule has 0 atom stereocenters. The third-order valence-corrected chi connectivity index (χ3v) is 5.28. The summed E-state index contributed by atoms with van der Waals surface area (Å²) in [6.45, 7) is 5.66. The molecule has 0 aliphatic rings. The number of rotatable bonds is 6. The second kappa shape index (κ2) is 8.69. The molecule has 0 saturated carbocycles. The van der Waals surface area contributed by atoms with Gasteiger partial charge < -0.3 is 4.74 Å². The molecule has 0 aliphatic carbocycles. The molecule has 1 aromatic carbocycles. The molecular weight excluding hydrogens is 416 g/mol. The van der Waals surface area contributed by atoms with E-state index in [1.165, 1.54) is 6.33 Å². The molecule has 0 aliphatic heterocycles. The number of aryl methyl sites for hydroxylation is 1. The van der Waals surface area contributed by atoms with Crippen LogP contribution in [0, 0.1) is 13.8 Å². The SMILES string of the molecule is CCOC(=O)c1c(C)nn(-c2cc(Cc3[nH]nc(-c4ccccc4)c3Cl)ncn2)c1C. The minimum atomic E-state index is -0.393. The monoisotopic (exact) mass is 436 g/mol. The molecule has 4 rings (SSSR count). The highest BCUT2D eigenvalue weighted by molar-refractivity contribution is 6.33. The fraction of sp³-hybridized carbons (Fsp3) is 0.227. The van der Waals surface area contributed by atoms with E-state index in [4.69, 9.17) is 16.3 Å². The Morgan fingerprint density at radius 1 is 1.19 bits per heavy atom. The molecule has 0 spiro atoms. The summed E-state index contributed by atoms with van der Waals surface area (Å²) in [6.07, 6.45) is 1.91. The Balaban J connectivity index is 1.63. The predicted octanol–water partition coefficient (Wildman–Crippen LogP) is 4.09. The summed E-state index contributed by atoms with van der Waals surface area (Å²) in [7, 11) is 0. The van der Waals surface area contributed by atoms with Crippen molar-refractivity contribution in [2.75, 3.05) is 6.61 Å². The first-order chi connectivity index (χ1) is 15.0. The van der Waals surface area contributed by atoms with E-state index in [1.54, 1.807) is 18.5 Å². The first-order valence-electron chi connectivity index (χ1n) is 9.82. The topological polar surface area (TPSA) is 98.6 Å². The molecule has 4 aromatic rings. The summed E-state index contributed by atoms with van der Waals surface area (Å²) in [6, 6.07) is 11.6. The Morgan fingerprint density at radius 2 is 1.97 bits per heavy atom. The van der Waals surface area contributed by atoms with Gasteiger partial charge in [-0.2, -0.15) is 10.2 Å². The molecule has 9 heteroatoms. The maximum atomic E-state index is 12.3. The van der Waals surface area contributed by atoms with Crippen molar-refractivity contribution < 1.29 is 9.53 Å². The van der Waals surface area contributed by atoms with Gasteiger partial charge in [-0.3, -0.25) is 5.10 Å². The van der Waals surface area contributed by atoms with E-state index >= 15 is 0 Å². The Morgan fingerprint density at radius 3 is 2.71 bits per heavy atom. The number of benzene rings is 1. The van der Waals surface area contributed by atoms with Gasteiger partial charge in [-0.15, -0.1) is 0 Å². The molecule has 0 bridgehead atoms. The van der Waals surface area contributed by atoms with Gasteiger partial charge in [-0.25, -0.2) is 19.4 Å². The van der Waals surface area contributed by atoms with Gasteiger partial charge in [-0.1, -0.05) is 41.9 Å². The first kappa shape index (κ1) is 20.7. The number of nitrogens with one attached hydrogen (secondary N) is 1. The number of hydrogen-bond acceptors (Lipinski definition) is 6. The van der Waals surface area contributed by atoms with Crippen LogP contribution in [-0.4, -0.2) is 42.5 Å². The molecule has 3 heterocycles. The highest BCUT2D eigenvalue weighted by atomic mass is 35.5. The van der Waals surface area contributed by atoms with E-state index in [0.717, 1.165) is 17.0 Å². The van der Waals surface area contributed by atoms with Gasteiger partial charge in [0.15, 0.2) is 5.82 Å². The van der Waals surface area contributed by atoms with Crippen LogP contribution in [0.5, 0.6) is 0 Å². The highest BCUT2D eigenvalue weighted by Crippen LogP contribution is 2.29. The highest BCUT2D eigenvalue weighted by Gasteiger charge is 2.21. The maximum absolute atomic E-state index is 12.3. The van der Waals surface area contributed by atoms with Gasteiger partial charge in [0, 0.05) is 18.1 Å². The van der Waals surface area contributed by atoms with Gasteiger partial charge in [0.1, 0.15) is 17.6 Å². The molecule has 0 radical (unpaired) electrons. The fourth-order valence-electron chi connectivity index (χ4n) is 3.41. The number of halogens is 1. The normalized spacial score (nSPS) is 11.0. The van der Waals surface area contributed by atoms with E-state index in [9.17, 15) is 4.79 Å². The number of carbonyl (C=O) groups excluding carboxylic acids is 1. The lowest BCUT2D eigenvalue weighted by Gasteiger charge is -2.06. The van der Waals surface area contributed by atoms with Crippen LogP contribution in [0.15, 0.2) is 42.7 Å². The second-order valence-corrected chi connectivity index (χ2v) is 7.33. The zero-order valence-electron chi connectivity index (χ0n) is 17.4. The summed E-state index contributed by atoms with van der Waals surface area (Å²) in [5.41, 5.74) is 4.82. The van der Waals surface area contributed by atoms with Crippen molar-refractivity contribution in [2.24, 2.45) is 0 Å². The van der Waals surface area contributed by atoms with Crippen LogP contribution >= 0.6 is 11.6 Å². The molecular formula is C22H21ClN6O2. The summed E-state index contributed by atoms with van der Waals surface area (Å²) in [5.74, 6) is 0.163. The molecule has 31 heavy (non-hydrogen) atoms. The molecule has 0 amide bonds. The van der Waals surface area contributed by atoms with Crippen molar-refractivity contribution in [3.8, 4) is 17.1 Å². The number of nitrogens with zero attached hydrogens (tertiary/aromatic N) is 5. The number of hydrogen-bond donors (Lipinski definition) is 1. The molecule has 158 valence electrons. The Hall–Kier alpha value is -3.52. The average Bonchev–Trinajstić information content (AvgIpc) is 3.28. The van der Waals surface area contributed by atoms with Crippen LogP contribution < -0.4 is 0 Å². The predicted molar refractivity (Wildman–Crippen MR) is 116 cm³/mol. The van der Waals surface area contributed by atoms with Crippen molar-refractivity contribution >= 4 is 17.6 Å². The molecule has 8 nitrogen and oxygen atoms in total. The molecule has 0 unspecified atom stereocenters. The first-order valence-corrected chi connectivity index (χ1v) is 10.2. The summed E-state index contributed by atoms with van der Waals surface area (Å²) in [5, 5.41) is 12.4. The van der Waals surface area contributed by atoms with E-state index < -0.39 is 5.97 Å². The zero-order chi connectivity index (χ0) is 22.0. The zero-order valence-corrected chi connectivity index (χ0v) is 18.1. The van der Waals surface area contributed by atoms with Crippen LogP contribution in [0.25, 0.3) is 17.1 Å². The lowest BCUT2D eigenvalue weighted by molar-refractivity contribution is 0.0524. The van der Waals surface area contributed by atoms with E-state index in [-0.39, 0.29) is 0 Å². The molecule has 0 saturated heterocycles. The number of carbonyl (C=O) groups is 1. The van der Waals surface area contributed by atoms with Crippen LogP contribution in [-0.2, 0) is 11.2 Å². The minimum absolute atomic E-state index is 0.302. The minimum Gasteiger partial charge on any atom is -0.462 e. The average molecular weight is 437 g/mol. The molecule has 3 aromatic heterocycles. The van der Waals surface area contributed by atoms with Crippen molar-refractivity contribution in [3.05, 3.63) is 76.1 Å². The third kappa shape index (κ3) is 4.06. The van der Waals surface area contributed by atoms with Crippen LogP contribution in [0.4, 0.5) is 0 Å². The Bertz CT molecular complexity index is 1230. The summed E-state index contributed by atoms with van der Waals surface area (Å²) < 4.78 is 6.76. The molecule has 1 N–H and O–H groups in total. The smallest absolute Gasteiger partial charge is 0.341 e. The van der Waals surface area contributed by atoms with E-state index in [0.29, 0.717) is 46.5 Å². The third-order valence-electron chi connectivity index (χ3n) is 4.88. The summed E-state index contributed by atoms with van der Waals surface area (Å²) in [4.78, 5) is 20.9. The van der Waals surface area contributed by atoms with Crippen molar-refractivity contribution in [1.29, 1.82) is 0 Å². The fourth-order valence-corrected chi connectivity index (χ4v) is 3.67. The summed E-state index contributed by atoms with van der Waals surface area (Å²) >= 11 is 6.57. The van der Waals surface area contributed by atoms with E-state index in [1.807, 2.05) is 43.3 Å². The maximum Gasteiger partial charge on any atom is 0.341 e. The number of H-pyrrole nitrogens is 1. The van der Waals surface area contributed by atoms with Crippen molar-refractivity contribution in [1.82, 2.24) is 29.9 Å².